The Kier molecular flexibility index (Phi) is 5.32. The zero-order valence-electron chi connectivity index (χ0n) is 15.0. The maximum Gasteiger partial charge on any atom is 0.247 e. The van der Waals surface area contributed by atoms with E-state index in [0.717, 1.165) is 16.9 Å². The van der Waals surface area contributed by atoms with E-state index in [2.05, 4.69) is 0 Å². The lowest BCUT2D eigenvalue weighted by Gasteiger charge is -2.26. The van der Waals surface area contributed by atoms with Crippen LogP contribution >= 0.6 is 0 Å². The third-order valence-corrected chi connectivity index (χ3v) is 6.30. The Balaban J connectivity index is 1.79. The fourth-order valence-corrected chi connectivity index (χ4v) is 4.82. The standard InChI is InChI=1S/C20H23NO4S/c1-15-3-6-17(7-4-15)8-10-20(22)21(13-19-9-5-16(2)25-19)18-11-12-26(23,24)14-18/h3-10,18H,11-14H2,1-2H3/b10-8+. The summed E-state index contributed by atoms with van der Waals surface area (Å²) < 4.78 is 29.3. The average molecular weight is 373 g/mol. The summed E-state index contributed by atoms with van der Waals surface area (Å²) in [6.45, 7) is 4.12. The molecule has 138 valence electrons. The summed E-state index contributed by atoms with van der Waals surface area (Å²) >= 11 is 0. The molecule has 0 aliphatic carbocycles. The molecule has 1 fully saturated rings. The molecule has 1 amide bonds. The molecule has 0 saturated carbocycles. The van der Waals surface area contributed by atoms with Crippen molar-refractivity contribution in [3.63, 3.8) is 0 Å². The van der Waals surface area contributed by atoms with Gasteiger partial charge in [0.2, 0.25) is 5.91 Å². The molecule has 1 aliphatic heterocycles. The van der Waals surface area contributed by atoms with Gasteiger partial charge in [-0.25, -0.2) is 8.42 Å². The summed E-state index contributed by atoms with van der Waals surface area (Å²) in [5, 5.41) is 0. The van der Waals surface area contributed by atoms with Crippen LogP contribution in [0.3, 0.4) is 0 Å². The number of sulfone groups is 1. The van der Waals surface area contributed by atoms with Crippen LogP contribution in [0.4, 0.5) is 0 Å². The van der Waals surface area contributed by atoms with Crippen molar-refractivity contribution in [2.45, 2.75) is 32.9 Å². The van der Waals surface area contributed by atoms with E-state index in [9.17, 15) is 13.2 Å². The first-order chi connectivity index (χ1) is 12.3. The number of rotatable bonds is 5. The summed E-state index contributed by atoms with van der Waals surface area (Å²) in [6, 6.07) is 11.2. The van der Waals surface area contributed by atoms with Crippen LogP contribution in [0.5, 0.6) is 0 Å². The fourth-order valence-electron chi connectivity index (χ4n) is 3.09. The number of carbonyl (C=O) groups is 1. The second kappa shape index (κ2) is 7.50. The first kappa shape index (κ1) is 18.5. The second-order valence-corrected chi connectivity index (χ2v) is 9.01. The number of amides is 1. The quantitative estimate of drug-likeness (QED) is 0.755. The van der Waals surface area contributed by atoms with Gasteiger partial charge in [0, 0.05) is 12.1 Å². The molecule has 2 heterocycles. The summed E-state index contributed by atoms with van der Waals surface area (Å²) in [7, 11) is -3.08. The van der Waals surface area contributed by atoms with Gasteiger partial charge in [-0.05, 0) is 44.0 Å². The molecular weight excluding hydrogens is 350 g/mol. The predicted octanol–water partition coefficient (Wildman–Crippen LogP) is 3.13. The van der Waals surface area contributed by atoms with Crippen molar-refractivity contribution in [2.75, 3.05) is 11.5 Å². The lowest BCUT2D eigenvalue weighted by Crippen LogP contribution is -2.39. The molecule has 0 spiro atoms. The molecular formula is C20H23NO4S. The van der Waals surface area contributed by atoms with E-state index in [0.29, 0.717) is 12.2 Å². The SMILES string of the molecule is Cc1ccc(/C=C/C(=O)N(Cc2ccc(C)o2)C2CCS(=O)(=O)C2)cc1. The highest BCUT2D eigenvalue weighted by Gasteiger charge is 2.34. The summed E-state index contributed by atoms with van der Waals surface area (Å²) in [6.07, 6.45) is 3.73. The van der Waals surface area contributed by atoms with Crippen molar-refractivity contribution in [3.8, 4) is 0 Å². The van der Waals surface area contributed by atoms with Crippen LogP contribution in [-0.2, 0) is 21.2 Å². The number of carbonyl (C=O) groups excluding carboxylic acids is 1. The fraction of sp³-hybridized carbons (Fsp3) is 0.350. The molecule has 0 bridgehead atoms. The highest BCUT2D eigenvalue weighted by Crippen LogP contribution is 2.21. The first-order valence-corrected chi connectivity index (χ1v) is 10.5. The Bertz CT molecular complexity index is 910. The van der Waals surface area contributed by atoms with Gasteiger partial charge in [0.25, 0.3) is 0 Å². The molecule has 1 aromatic carbocycles. The van der Waals surface area contributed by atoms with Crippen LogP contribution in [0.1, 0.15) is 29.1 Å². The van der Waals surface area contributed by atoms with Crippen LogP contribution in [0.15, 0.2) is 46.9 Å². The number of aryl methyl sites for hydroxylation is 2. The zero-order chi connectivity index (χ0) is 18.7. The van der Waals surface area contributed by atoms with E-state index in [1.807, 2.05) is 50.2 Å². The van der Waals surface area contributed by atoms with E-state index in [1.165, 1.54) is 6.08 Å². The van der Waals surface area contributed by atoms with Gasteiger partial charge in [-0.15, -0.1) is 0 Å². The molecule has 1 atom stereocenters. The molecule has 26 heavy (non-hydrogen) atoms. The van der Waals surface area contributed by atoms with Gasteiger partial charge in [-0.3, -0.25) is 4.79 Å². The van der Waals surface area contributed by atoms with E-state index >= 15 is 0 Å². The predicted molar refractivity (Wildman–Crippen MR) is 101 cm³/mol. The van der Waals surface area contributed by atoms with Crippen molar-refractivity contribution >= 4 is 21.8 Å². The van der Waals surface area contributed by atoms with E-state index in [1.54, 1.807) is 11.0 Å². The Hall–Kier alpha value is -2.34. The first-order valence-electron chi connectivity index (χ1n) is 8.63. The second-order valence-electron chi connectivity index (χ2n) is 6.78. The van der Waals surface area contributed by atoms with Crippen LogP contribution in [-0.4, -0.2) is 36.8 Å². The number of benzene rings is 1. The molecule has 1 saturated heterocycles. The number of hydrogen-bond acceptors (Lipinski definition) is 4. The van der Waals surface area contributed by atoms with E-state index < -0.39 is 9.84 Å². The molecule has 1 aromatic heterocycles. The Labute approximate surface area is 154 Å². The average Bonchev–Trinajstić information content (AvgIpc) is 3.16. The summed E-state index contributed by atoms with van der Waals surface area (Å²) in [4.78, 5) is 14.4. The van der Waals surface area contributed by atoms with Crippen molar-refractivity contribution < 1.29 is 17.6 Å². The molecule has 6 heteroatoms. The molecule has 5 nitrogen and oxygen atoms in total. The Morgan fingerprint density at radius 1 is 1.19 bits per heavy atom. The minimum atomic E-state index is -3.08. The smallest absolute Gasteiger partial charge is 0.247 e. The van der Waals surface area contributed by atoms with Gasteiger partial charge in [0.15, 0.2) is 9.84 Å². The van der Waals surface area contributed by atoms with Crippen LogP contribution in [0, 0.1) is 13.8 Å². The largest absolute Gasteiger partial charge is 0.464 e. The van der Waals surface area contributed by atoms with Crippen LogP contribution in [0.25, 0.3) is 6.08 Å². The molecule has 3 rings (SSSR count). The van der Waals surface area contributed by atoms with Crippen molar-refractivity contribution in [1.82, 2.24) is 4.90 Å². The maximum atomic E-state index is 12.8. The highest BCUT2D eigenvalue weighted by atomic mass is 32.2. The van der Waals surface area contributed by atoms with Crippen molar-refractivity contribution in [3.05, 3.63) is 65.1 Å². The minimum Gasteiger partial charge on any atom is -0.464 e. The monoisotopic (exact) mass is 373 g/mol. The molecule has 0 N–H and O–H groups in total. The van der Waals surface area contributed by atoms with Crippen LogP contribution in [0.2, 0.25) is 0 Å². The topological polar surface area (TPSA) is 67.6 Å². The molecule has 0 radical (unpaired) electrons. The summed E-state index contributed by atoms with van der Waals surface area (Å²) in [5.74, 6) is 1.35. The van der Waals surface area contributed by atoms with E-state index in [-0.39, 0.29) is 30.0 Å². The van der Waals surface area contributed by atoms with Gasteiger partial charge in [0.1, 0.15) is 11.5 Å². The maximum absolute atomic E-state index is 12.8. The zero-order valence-corrected chi connectivity index (χ0v) is 15.8. The van der Waals surface area contributed by atoms with Gasteiger partial charge >= 0.3 is 0 Å². The van der Waals surface area contributed by atoms with Gasteiger partial charge in [-0.1, -0.05) is 29.8 Å². The Morgan fingerprint density at radius 3 is 2.50 bits per heavy atom. The molecule has 1 aliphatic rings. The number of furan rings is 1. The number of hydrogen-bond donors (Lipinski definition) is 0. The van der Waals surface area contributed by atoms with Crippen molar-refractivity contribution in [2.24, 2.45) is 0 Å². The third-order valence-electron chi connectivity index (χ3n) is 4.55. The lowest BCUT2D eigenvalue weighted by atomic mass is 10.1. The van der Waals surface area contributed by atoms with E-state index in [4.69, 9.17) is 4.42 Å². The highest BCUT2D eigenvalue weighted by molar-refractivity contribution is 7.91. The molecule has 2 aromatic rings. The molecule has 1 unspecified atom stereocenters. The lowest BCUT2D eigenvalue weighted by molar-refractivity contribution is -0.128. The third kappa shape index (κ3) is 4.64. The number of nitrogens with zero attached hydrogens (tertiary/aromatic N) is 1. The van der Waals surface area contributed by atoms with Gasteiger partial charge < -0.3 is 9.32 Å². The van der Waals surface area contributed by atoms with Gasteiger partial charge in [-0.2, -0.15) is 0 Å². The minimum absolute atomic E-state index is 0.0107. The summed E-state index contributed by atoms with van der Waals surface area (Å²) in [5.41, 5.74) is 2.08. The Morgan fingerprint density at radius 2 is 1.92 bits per heavy atom. The normalized spacial score (nSPS) is 19.1. The van der Waals surface area contributed by atoms with Gasteiger partial charge in [0.05, 0.1) is 18.1 Å². The van der Waals surface area contributed by atoms with Crippen molar-refractivity contribution in [1.29, 1.82) is 0 Å². The van der Waals surface area contributed by atoms with Crippen LogP contribution < -0.4 is 0 Å².